The van der Waals surface area contributed by atoms with Crippen LogP contribution in [-0.4, -0.2) is 19.0 Å². The topological polar surface area (TPSA) is 18.5 Å². The number of aryl methyl sites for hydroxylation is 1. The van der Waals surface area contributed by atoms with Gasteiger partial charge in [0.05, 0.1) is 13.2 Å². The first-order chi connectivity index (χ1) is 8.67. The average molecular weight is 267 g/mol. The largest absolute Gasteiger partial charge is 0.348 e. The molecular formula is C15H19ClO2. The quantitative estimate of drug-likeness (QED) is 0.763. The molecule has 0 atom stereocenters. The van der Waals surface area contributed by atoms with Gasteiger partial charge in [0, 0.05) is 17.9 Å². The van der Waals surface area contributed by atoms with Crippen molar-refractivity contribution in [1.29, 1.82) is 0 Å². The molecule has 1 aliphatic heterocycles. The van der Waals surface area contributed by atoms with Gasteiger partial charge < -0.3 is 9.47 Å². The van der Waals surface area contributed by atoms with Crippen molar-refractivity contribution in [3.05, 3.63) is 34.3 Å². The van der Waals surface area contributed by atoms with Crippen LogP contribution in [-0.2, 0) is 9.47 Å². The summed E-state index contributed by atoms with van der Waals surface area (Å²) < 4.78 is 11.5. The van der Waals surface area contributed by atoms with Crippen LogP contribution >= 0.6 is 11.6 Å². The third kappa shape index (κ3) is 2.42. The van der Waals surface area contributed by atoms with Gasteiger partial charge in [0.1, 0.15) is 0 Å². The zero-order valence-electron chi connectivity index (χ0n) is 10.7. The van der Waals surface area contributed by atoms with Crippen LogP contribution in [0.5, 0.6) is 0 Å². The Morgan fingerprint density at radius 3 is 2.39 bits per heavy atom. The summed E-state index contributed by atoms with van der Waals surface area (Å²) in [5, 5.41) is 0.846. The van der Waals surface area contributed by atoms with Gasteiger partial charge >= 0.3 is 0 Å². The normalized spacial score (nSPS) is 23.7. The van der Waals surface area contributed by atoms with E-state index in [0.717, 1.165) is 43.9 Å². The minimum atomic E-state index is -0.260. The molecule has 0 amide bonds. The molecule has 1 saturated heterocycles. The number of hydrogen-bond acceptors (Lipinski definition) is 2. The van der Waals surface area contributed by atoms with Gasteiger partial charge in [0.2, 0.25) is 0 Å². The SMILES string of the molecule is Cc1cc(Cl)cc(C2CCC3(CC2)OCCO3)c1. The van der Waals surface area contributed by atoms with E-state index in [4.69, 9.17) is 21.1 Å². The summed E-state index contributed by atoms with van der Waals surface area (Å²) in [5.74, 6) is 0.338. The van der Waals surface area contributed by atoms with Crippen LogP contribution in [0.1, 0.15) is 42.7 Å². The van der Waals surface area contributed by atoms with Gasteiger partial charge in [-0.2, -0.15) is 0 Å². The highest BCUT2D eigenvalue weighted by molar-refractivity contribution is 6.30. The Morgan fingerprint density at radius 2 is 1.78 bits per heavy atom. The maximum absolute atomic E-state index is 6.14. The number of halogens is 1. The van der Waals surface area contributed by atoms with E-state index in [1.165, 1.54) is 11.1 Å². The summed E-state index contributed by atoms with van der Waals surface area (Å²) >= 11 is 6.14. The zero-order valence-corrected chi connectivity index (χ0v) is 11.5. The molecule has 0 radical (unpaired) electrons. The minimum absolute atomic E-state index is 0.260. The first-order valence-corrected chi connectivity index (χ1v) is 7.10. The fourth-order valence-electron chi connectivity index (χ4n) is 3.18. The molecule has 3 heteroatoms. The first kappa shape index (κ1) is 12.5. The maximum atomic E-state index is 6.14. The molecule has 1 aromatic rings. The van der Waals surface area contributed by atoms with E-state index in [2.05, 4.69) is 19.1 Å². The number of hydrogen-bond donors (Lipinski definition) is 0. The van der Waals surface area contributed by atoms with E-state index in [1.54, 1.807) is 0 Å². The Morgan fingerprint density at radius 1 is 1.11 bits per heavy atom. The Balaban J connectivity index is 1.72. The first-order valence-electron chi connectivity index (χ1n) is 6.72. The van der Waals surface area contributed by atoms with Crippen LogP contribution in [0.15, 0.2) is 18.2 Å². The summed E-state index contributed by atoms with van der Waals surface area (Å²) in [6.45, 7) is 3.60. The van der Waals surface area contributed by atoms with E-state index in [0.29, 0.717) is 5.92 Å². The number of rotatable bonds is 1. The van der Waals surface area contributed by atoms with Gasteiger partial charge in [-0.15, -0.1) is 0 Å². The molecule has 18 heavy (non-hydrogen) atoms. The zero-order chi connectivity index (χ0) is 12.6. The number of benzene rings is 1. The van der Waals surface area contributed by atoms with Crippen molar-refractivity contribution in [3.63, 3.8) is 0 Å². The Bertz CT molecular complexity index is 408. The lowest BCUT2D eigenvalue weighted by molar-refractivity contribution is -0.178. The van der Waals surface area contributed by atoms with E-state index in [9.17, 15) is 0 Å². The van der Waals surface area contributed by atoms with E-state index < -0.39 is 0 Å². The highest BCUT2D eigenvalue weighted by atomic mass is 35.5. The Labute approximate surface area is 113 Å². The smallest absolute Gasteiger partial charge is 0.168 e. The molecular weight excluding hydrogens is 248 g/mol. The van der Waals surface area contributed by atoms with E-state index in [-0.39, 0.29) is 5.79 Å². The van der Waals surface area contributed by atoms with Crippen molar-refractivity contribution in [1.82, 2.24) is 0 Å². The second kappa shape index (κ2) is 4.84. The molecule has 0 unspecified atom stereocenters. The van der Waals surface area contributed by atoms with Crippen LogP contribution in [0, 0.1) is 6.92 Å². The van der Waals surface area contributed by atoms with Crippen molar-refractivity contribution < 1.29 is 9.47 Å². The fourth-order valence-corrected chi connectivity index (χ4v) is 3.48. The lowest BCUT2D eigenvalue weighted by Gasteiger charge is -2.35. The molecule has 3 rings (SSSR count). The van der Waals surface area contributed by atoms with E-state index in [1.807, 2.05) is 6.07 Å². The van der Waals surface area contributed by atoms with Gasteiger partial charge in [-0.05, 0) is 48.9 Å². The van der Waals surface area contributed by atoms with Crippen molar-refractivity contribution in [2.24, 2.45) is 0 Å². The molecule has 2 aliphatic rings. The van der Waals surface area contributed by atoms with Gasteiger partial charge in [0.25, 0.3) is 0 Å². The van der Waals surface area contributed by atoms with Crippen molar-refractivity contribution in [2.75, 3.05) is 13.2 Å². The molecule has 2 fully saturated rings. The lowest BCUT2D eigenvalue weighted by atomic mass is 9.80. The second-order valence-electron chi connectivity index (χ2n) is 5.44. The van der Waals surface area contributed by atoms with Crippen molar-refractivity contribution in [2.45, 2.75) is 44.3 Å². The minimum Gasteiger partial charge on any atom is -0.348 e. The lowest BCUT2D eigenvalue weighted by Crippen LogP contribution is -2.34. The molecule has 1 saturated carbocycles. The molecule has 1 heterocycles. The van der Waals surface area contributed by atoms with Crippen LogP contribution < -0.4 is 0 Å². The summed E-state index contributed by atoms with van der Waals surface area (Å²) in [4.78, 5) is 0. The molecule has 2 nitrogen and oxygen atoms in total. The highest BCUT2D eigenvalue weighted by Gasteiger charge is 2.40. The third-order valence-electron chi connectivity index (χ3n) is 4.10. The number of ether oxygens (including phenoxy) is 2. The molecule has 1 aromatic carbocycles. The standard InChI is InChI=1S/C15H19ClO2/c1-11-8-13(10-14(16)9-11)12-2-4-15(5-3-12)17-6-7-18-15/h8-10,12H,2-7H2,1H3. The van der Waals surface area contributed by atoms with Gasteiger partial charge in [-0.3, -0.25) is 0 Å². The van der Waals surface area contributed by atoms with E-state index >= 15 is 0 Å². The Hall–Kier alpha value is -0.570. The van der Waals surface area contributed by atoms with Crippen molar-refractivity contribution >= 4 is 11.6 Å². The van der Waals surface area contributed by atoms with Gasteiger partial charge in [-0.1, -0.05) is 17.7 Å². The molecule has 0 bridgehead atoms. The summed E-state index contributed by atoms with van der Waals surface area (Å²) in [5.41, 5.74) is 2.61. The fraction of sp³-hybridized carbons (Fsp3) is 0.600. The predicted molar refractivity (Wildman–Crippen MR) is 72.0 cm³/mol. The monoisotopic (exact) mass is 266 g/mol. The second-order valence-corrected chi connectivity index (χ2v) is 5.88. The van der Waals surface area contributed by atoms with Gasteiger partial charge in [-0.25, -0.2) is 0 Å². The van der Waals surface area contributed by atoms with Crippen LogP contribution in [0.4, 0.5) is 0 Å². The molecule has 98 valence electrons. The third-order valence-corrected chi connectivity index (χ3v) is 4.32. The molecule has 1 aliphatic carbocycles. The van der Waals surface area contributed by atoms with Crippen LogP contribution in [0.3, 0.4) is 0 Å². The Kier molecular flexibility index (Phi) is 3.35. The maximum Gasteiger partial charge on any atom is 0.168 e. The van der Waals surface area contributed by atoms with Crippen LogP contribution in [0.2, 0.25) is 5.02 Å². The highest BCUT2D eigenvalue weighted by Crippen LogP contribution is 2.42. The van der Waals surface area contributed by atoms with Crippen LogP contribution in [0.25, 0.3) is 0 Å². The molecule has 1 spiro atoms. The molecule has 0 aromatic heterocycles. The summed E-state index contributed by atoms with van der Waals surface area (Å²) in [7, 11) is 0. The summed E-state index contributed by atoms with van der Waals surface area (Å²) in [6, 6.07) is 6.37. The molecule has 0 N–H and O–H groups in total. The van der Waals surface area contributed by atoms with Gasteiger partial charge in [0.15, 0.2) is 5.79 Å². The van der Waals surface area contributed by atoms with Crippen molar-refractivity contribution in [3.8, 4) is 0 Å². The predicted octanol–water partition coefficient (Wildman–Crippen LogP) is 4.05. The average Bonchev–Trinajstić information content (AvgIpc) is 2.77. The summed E-state index contributed by atoms with van der Waals surface area (Å²) in [6.07, 6.45) is 4.26.